The van der Waals surface area contributed by atoms with Gasteiger partial charge in [0.25, 0.3) is 11.6 Å². The van der Waals surface area contributed by atoms with Crippen molar-refractivity contribution in [2.75, 3.05) is 24.6 Å². The van der Waals surface area contributed by atoms with Gasteiger partial charge in [-0.3, -0.25) is 10.1 Å². The highest BCUT2D eigenvalue weighted by molar-refractivity contribution is 5.80. The zero-order valence-corrected chi connectivity index (χ0v) is 17.9. The normalized spacial score (nSPS) is 13.5. The van der Waals surface area contributed by atoms with Crippen LogP contribution in [-0.4, -0.2) is 61.7 Å². The molecule has 170 valence electrons. The number of hydrogen-bond donors (Lipinski definition) is 3. The van der Waals surface area contributed by atoms with Crippen LogP contribution in [0.4, 0.5) is 23.0 Å². The highest BCUT2D eigenvalue weighted by atomic mass is 16.6. The molecular weight excluding hydrogens is 416 g/mol. The Morgan fingerprint density at radius 1 is 1.09 bits per heavy atom. The van der Waals surface area contributed by atoms with E-state index in [1.807, 2.05) is 17.0 Å². The fourth-order valence-electron chi connectivity index (χ4n) is 3.37. The van der Waals surface area contributed by atoms with Gasteiger partial charge in [0.05, 0.1) is 40.5 Å². The minimum Gasteiger partial charge on any atom is -0.395 e. The number of fused-ring (bicyclic) bond motifs is 1. The smallest absolute Gasteiger partial charge is 0.271 e. The fraction of sp³-hybridized carbons (Fsp3) is 0.381. The van der Waals surface area contributed by atoms with Crippen LogP contribution in [0.1, 0.15) is 13.8 Å². The summed E-state index contributed by atoms with van der Waals surface area (Å²) in [5, 5.41) is 48.2. The quantitative estimate of drug-likeness (QED) is 0.248. The Bertz CT molecular complexity index is 1080. The maximum atomic E-state index is 11.0. The average molecular weight is 442 g/mol. The average Bonchev–Trinajstić information content (AvgIpc) is 3.08. The third-order valence-corrected chi connectivity index (χ3v) is 4.69. The standard InChI is InChI=1S/C21H26N6O5/c1-14(29)12-25(13-15(2)30)17-5-3-16(4-6-17)23-24-21-22-19-11-18(27(31)32)7-8-20(19)26(21)9-10-28/h3-8,11,14-15,28-30H,9-10,12-13H2,1-2H3. The molecule has 32 heavy (non-hydrogen) atoms. The minimum absolute atomic E-state index is 0.0795. The Morgan fingerprint density at radius 2 is 1.75 bits per heavy atom. The molecule has 0 aliphatic rings. The number of anilines is 1. The first-order chi connectivity index (χ1) is 15.3. The van der Waals surface area contributed by atoms with Crippen molar-refractivity contribution in [3.63, 3.8) is 0 Å². The SMILES string of the molecule is CC(O)CN(CC(C)O)c1ccc(N=Nc2nc3cc([N+](=O)[O-])ccc3n2CCO)cc1. The van der Waals surface area contributed by atoms with Crippen molar-refractivity contribution in [2.24, 2.45) is 10.2 Å². The molecule has 1 aromatic heterocycles. The molecule has 11 heteroatoms. The van der Waals surface area contributed by atoms with Crippen molar-refractivity contribution in [1.82, 2.24) is 9.55 Å². The largest absolute Gasteiger partial charge is 0.395 e. The van der Waals surface area contributed by atoms with Crippen molar-refractivity contribution in [3.8, 4) is 0 Å². The zero-order valence-electron chi connectivity index (χ0n) is 17.9. The summed E-state index contributed by atoms with van der Waals surface area (Å²) >= 11 is 0. The Hall–Kier alpha value is -3.41. The van der Waals surface area contributed by atoms with Crippen molar-refractivity contribution in [1.29, 1.82) is 0 Å². The second kappa shape index (κ2) is 10.3. The van der Waals surface area contributed by atoms with Gasteiger partial charge < -0.3 is 24.8 Å². The molecule has 0 aliphatic carbocycles. The lowest BCUT2D eigenvalue weighted by Crippen LogP contribution is -2.36. The first-order valence-electron chi connectivity index (χ1n) is 10.2. The lowest BCUT2D eigenvalue weighted by atomic mass is 10.2. The predicted octanol–water partition coefficient (Wildman–Crippen LogP) is 2.92. The lowest BCUT2D eigenvalue weighted by Gasteiger charge is -2.27. The van der Waals surface area contributed by atoms with Gasteiger partial charge in [-0.25, -0.2) is 4.98 Å². The molecule has 11 nitrogen and oxygen atoms in total. The monoisotopic (exact) mass is 442 g/mol. The zero-order chi connectivity index (χ0) is 23.3. The van der Waals surface area contributed by atoms with E-state index in [2.05, 4.69) is 15.2 Å². The molecular formula is C21H26N6O5. The van der Waals surface area contributed by atoms with Crippen molar-refractivity contribution < 1.29 is 20.2 Å². The summed E-state index contributed by atoms with van der Waals surface area (Å²) in [6.45, 7) is 4.19. The molecule has 0 fully saturated rings. The van der Waals surface area contributed by atoms with Crippen LogP contribution in [0, 0.1) is 10.1 Å². The maximum Gasteiger partial charge on any atom is 0.271 e. The van der Waals surface area contributed by atoms with E-state index in [-0.39, 0.29) is 24.8 Å². The molecule has 2 aromatic carbocycles. The number of azo groups is 1. The number of hydrogen-bond acceptors (Lipinski definition) is 9. The van der Waals surface area contributed by atoms with Crippen molar-refractivity contribution in [2.45, 2.75) is 32.6 Å². The van der Waals surface area contributed by atoms with E-state index in [0.29, 0.717) is 29.8 Å². The molecule has 2 unspecified atom stereocenters. The Kier molecular flexibility index (Phi) is 7.46. The van der Waals surface area contributed by atoms with Crippen LogP contribution in [0.2, 0.25) is 0 Å². The number of aromatic nitrogens is 2. The Morgan fingerprint density at radius 3 is 2.31 bits per heavy atom. The van der Waals surface area contributed by atoms with Gasteiger partial charge in [-0.1, -0.05) is 0 Å². The van der Waals surface area contributed by atoms with E-state index < -0.39 is 17.1 Å². The van der Waals surface area contributed by atoms with Crippen molar-refractivity contribution in [3.05, 3.63) is 52.6 Å². The van der Waals surface area contributed by atoms with Gasteiger partial charge in [-0.05, 0) is 44.2 Å². The summed E-state index contributed by atoms with van der Waals surface area (Å²) in [6.07, 6.45) is -1.10. The van der Waals surface area contributed by atoms with Crippen LogP contribution in [0.15, 0.2) is 52.7 Å². The van der Waals surface area contributed by atoms with Crippen LogP contribution < -0.4 is 4.90 Å². The van der Waals surface area contributed by atoms with E-state index in [4.69, 9.17) is 0 Å². The van der Waals surface area contributed by atoms with Crippen molar-refractivity contribution >= 4 is 34.0 Å². The number of benzene rings is 2. The topological polar surface area (TPSA) is 150 Å². The number of nitro groups is 1. The summed E-state index contributed by atoms with van der Waals surface area (Å²) in [7, 11) is 0. The molecule has 3 rings (SSSR count). The van der Waals surface area contributed by atoms with Gasteiger partial charge >= 0.3 is 0 Å². The lowest BCUT2D eigenvalue weighted by molar-refractivity contribution is -0.384. The number of nitro benzene ring substituents is 1. The number of aliphatic hydroxyl groups is 3. The van der Waals surface area contributed by atoms with Gasteiger partial charge in [0.15, 0.2) is 0 Å². The van der Waals surface area contributed by atoms with Gasteiger partial charge in [0.1, 0.15) is 0 Å². The van der Waals surface area contributed by atoms with Crippen LogP contribution in [0.3, 0.4) is 0 Å². The molecule has 0 bridgehead atoms. The fourth-order valence-corrected chi connectivity index (χ4v) is 3.37. The number of nitrogens with zero attached hydrogens (tertiary/aromatic N) is 6. The summed E-state index contributed by atoms with van der Waals surface area (Å²) < 4.78 is 1.64. The van der Waals surface area contributed by atoms with Gasteiger partial charge in [-0.2, -0.15) is 0 Å². The minimum atomic E-state index is -0.552. The highest BCUT2D eigenvalue weighted by Crippen LogP contribution is 2.27. The van der Waals surface area contributed by atoms with E-state index in [0.717, 1.165) is 5.69 Å². The van der Waals surface area contributed by atoms with E-state index in [9.17, 15) is 25.4 Å². The van der Waals surface area contributed by atoms with Crippen LogP contribution in [0.25, 0.3) is 11.0 Å². The second-order valence-electron chi connectivity index (χ2n) is 7.54. The third kappa shape index (κ3) is 5.63. The number of non-ortho nitro benzene ring substituents is 1. The van der Waals surface area contributed by atoms with Crippen LogP contribution >= 0.6 is 0 Å². The summed E-state index contributed by atoms with van der Waals surface area (Å²) in [5.41, 5.74) is 2.30. The van der Waals surface area contributed by atoms with E-state index in [1.165, 1.54) is 12.1 Å². The first kappa shape index (κ1) is 23.3. The predicted molar refractivity (Wildman–Crippen MR) is 120 cm³/mol. The van der Waals surface area contributed by atoms with Gasteiger partial charge in [-0.15, -0.1) is 10.2 Å². The molecule has 0 saturated heterocycles. The van der Waals surface area contributed by atoms with E-state index in [1.54, 1.807) is 36.6 Å². The summed E-state index contributed by atoms with van der Waals surface area (Å²) in [6, 6.07) is 11.4. The molecule has 3 N–H and O–H groups in total. The number of imidazole rings is 1. The van der Waals surface area contributed by atoms with Gasteiger partial charge in [0.2, 0.25) is 0 Å². The van der Waals surface area contributed by atoms with E-state index >= 15 is 0 Å². The third-order valence-electron chi connectivity index (χ3n) is 4.69. The van der Waals surface area contributed by atoms with Crippen LogP contribution in [-0.2, 0) is 6.54 Å². The maximum absolute atomic E-state index is 11.0. The molecule has 0 aliphatic heterocycles. The summed E-state index contributed by atoms with van der Waals surface area (Å²) in [5.74, 6) is 0.225. The molecule has 0 amide bonds. The number of aliphatic hydroxyl groups excluding tert-OH is 3. The molecule has 0 radical (unpaired) electrons. The highest BCUT2D eigenvalue weighted by Gasteiger charge is 2.15. The molecule has 2 atom stereocenters. The van der Waals surface area contributed by atoms with Crippen LogP contribution in [0.5, 0.6) is 0 Å². The molecule has 1 heterocycles. The molecule has 3 aromatic rings. The molecule has 0 saturated carbocycles. The number of rotatable bonds is 10. The molecule has 0 spiro atoms. The van der Waals surface area contributed by atoms with Gasteiger partial charge in [0, 0.05) is 37.5 Å². The summed E-state index contributed by atoms with van der Waals surface area (Å²) in [4.78, 5) is 16.7. The Labute approximate surface area is 184 Å². The second-order valence-corrected chi connectivity index (χ2v) is 7.54. The Balaban J connectivity index is 1.86. The first-order valence-corrected chi connectivity index (χ1v) is 10.2.